The summed E-state index contributed by atoms with van der Waals surface area (Å²) in [6.07, 6.45) is 1.84. The van der Waals surface area contributed by atoms with Gasteiger partial charge in [0, 0.05) is 32.4 Å². The fraction of sp³-hybridized carbons (Fsp3) is 0.300. The number of nitrogens with zero attached hydrogens (tertiary/aromatic N) is 6. The van der Waals surface area contributed by atoms with Gasteiger partial charge < -0.3 is 14.5 Å². The van der Waals surface area contributed by atoms with Gasteiger partial charge in [0.1, 0.15) is 11.6 Å². The SMILES string of the molecule is Cc1ccn(-c2ccc(N3CCN(C(=O)COc4ccc(F)cc4)CC3)nn2)n1. The summed E-state index contributed by atoms with van der Waals surface area (Å²) in [5, 5.41) is 12.9. The highest BCUT2D eigenvalue weighted by atomic mass is 19.1. The van der Waals surface area contributed by atoms with Crippen LogP contribution in [0.4, 0.5) is 10.2 Å². The minimum atomic E-state index is -0.337. The van der Waals surface area contributed by atoms with Crippen molar-refractivity contribution in [3.05, 3.63) is 60.2 Å². The molecule has 4 rings (SSSR count). The number of aryl methyl sites for hydroxylation is 1. The Labute approximate surface area is 167 Å². The Morgan fingerprint density at radius 2 is 1.69 bits per heavy atom. The summed E-state index contributed by atoms with van der Waals surface area (Å²) in [5.74, 6) is 1.47. The Morgan fingerprint density at radius 3 is 2.31 bits per heavy atom. The summed E-state index contributed by atoms with van der Waals surface area (Å²) in [6.45, 7) is 4.34. The van der Waals surface area contributed by atoms with Gasteiger partial charge in [-0.2, -0.15) is 5.10 Å². The fourth-order valence-electron chi connectivity index (χ4n) is 3.10. The number of anilines is 1. The Kier molecular flexibility index (Phi) is 5.37. The highest BCUT2D eigenvalue weighted by Gasteiger charge is 2.22. The van der Waals surface area contributed by atoms with Crippen LogP contribution in [-0.4, -0.2) is 63.6 Å². The van der Waals surface area contributed by atoms with Gasteiger partial charge in [0.05, 0.1) is 5.69 Å². The number of hydrogen-bond donors (Lipinski definition) is 0. The predicted molar refractivity (Wildman–Crippen MR) is 105 cm³/mol. The van der Waals surface area contributed by atoms with Crippen LogP contribution in [-0.2, 0) is 4.79 Å². The van der Waals surface area contributed by atoms with Crippen LogP contribution in [0.2, 0.25) is 0 Å². The average Bonchev–Trinajstić information content (AvgIpc) is 3.20. The second-order valence-electron chi connectivity index (χ2n) is 6.76. The summed E-state index contributed by atoms with van der Waals surface area (Å²) in [6, 6.07) is 11.3. The molecule has 29 heavy (non-hydrogen) atoms. The van der Waals surface area contributed by atoms with Gasteiger partial charge in [-0.15, -0.1) is 10.2 Å². The molecule has 2 aromatic heterocycles. The standard InChI is InChI=1S/C20H21FN6O2/c1-15-8-9-27(24-15)19-7-6-18(22-23-19)25-10-12-26(13-11-25)20(28)14-29-17-4-2-16(21)3-5-17/h2-9H,10-14H2,1H3. The van der Waals surface area contributed by atoms with Crippen molar-refractivity contribution >= 4 is 11.7 Å². The van der Waals surface area contributed by atoms with E-state index in [-0.39, 0.29) is 18.3 Å². The number of carbonyl (C=O) groups is 1. The van der Waals surface area contributed by atoms with E-state index in [9.17, 15) is 9.18 Å². The number of hydrogen-bond acceptors (Lipinski definition) is 6. The van der Waals surface area contributed by atoms with Crippen LogP contribution in [0.5, 0.6) is 5.75 Å². The van der Waals surface area contributed by atoms with Crippen LogP contribution < -0.4 is 9.64 Å². The molecule has 3 heterocycles. The number of amides is 1. The molecular formula is C20H21FN6O2. The van der Waals surface area contributed by atoms with E-state index in [4.69, 9.17) is 4.74 Å². The zero-order chi connectivity index (χ0) is 20.2. The molecule has 0 aliphatic carbocycles. The molecule has 0 radical (unpaired) electrons. The summed E-state index contributed by atoms with van der Waals surface area (Å²) < 4.78 is 20.0. The van der Waals surface area contributed by atoms with E-state index in [0.717, 1.165) is 11.5 Å². The quantitative estimate of drug-likeness (QED) is 0.655. The lowest BCUT2D eigenvalue weighted by Gasteiger charge is -2.35. The fourth-order valence-corrected chi connectivity index (χ4v) is 3.10. The number of benzene rings is 1. The summed E-state index contributed by atoms with van der Waals surface area (Å²) >= 11 is 0. The molecule has 1 fully saturated rings. The molecule has 1 aliphatic rings. The Morgan fingerprint density at radius 1 is 1.00 bits per heavy atom. The average molecular weight is 396 g/mol. The number of piperazine rings is 1. The zero-order valence-corrected chi connectivity index (χ0v) is 16.0. The van der Waals surface area contributed by atoms with Gasteiger partial charge in [-0.25, -0.2) is 9.07 Å². The molecule has 0 atom stereocenters. The molecule has 1 saturated heterocycles. The van der Waals surface area contributed by atoms with E-state index in [0.29, 0.717) is 37.7 Å². The largest absolute Gasteiger partial charge is 0.484 e. The molecular weight excluding hydrogens is 375 g/mol. The van der Waals surface area contributed by atoms with E-state index in [1.54, 1.807) is 9.58 Å². The number of ether oxygens (including phenoxy) is 1. The van der Waals surface area contributed by atoms with Crippen LogP contribution >= 0.6 is 0 Å². The topological polar surface area (TPSA) is 76.4 Å². The van der Waals surface area contributed by atoms with Crippen molar-refractivity contribution in [1.82, 2.24) is 24.9 Å². The molecule has 0 N–H and O–H groups in total. The molecule has 1 aliphatic heterocycles. The number of halogens is 1. The zero-order valence-electron chi connectivity index (χ0n) is 16.0. The first-order valence-corrected chi connectivity index (χ1v) is 9.36. The normalized spacial score (nSPS) is 14.1. The van der Waals surface area contributed by atoms with Crippen molar-refractivity contribution in [1.29, 1.82) is 0 Å². The van der Waals surface area contributed by atoms with Crippen molar-refractivity contribution in [2.75, 3.05) is 37.7 Å². The lowest BCUT2D eigenvalue weighted by atomic mass is 10.3. The van der Waals surface area contributed by atoms with E-state index in [1.807, 2.05) is 31.3 Å². The molecule has 9 heteroatoms. The van der Waals surface area contributed by atoms with Crippen LogP contribution in [0.15, 0.2) is 48.7 Å². The van der Waals surface area contributed by atoms with Gasteiger partial charge >= 0.3 is 0 Å². The van der Waals surface area contributed by atoms with Crippen LogP contribution in [0.1, 0.15) is 5.69 Å². The Bertz CT molecular complexity index is 965. The molecule has 0 unspecified atom stereocenters. The van der Waals surface area contributed by atoms with Crippen molar-refractivity contribution in [3.8, 4) is 11.6 Å². The first kappa shape index (κ1) is 18.9. The first-order valence-electron chi connectivity index (χ1n) is 9.36. The maximum absolute atomic E-state index is 12.9. The van der Waals surface area contributed by atoms with E-state index < -0.39 is 0 Å². The molecule has 1 amide bonds. The van der Waals surface area contributed by atoms with Crippen molar-refractivity contribution < 1.29 is 13.9 Å². The molecule has 3 aromatic rings. The highest BCUT2D eigenvalue weighted by molar-refractivity contribution is 5.78. The minimum absolute atomic E-state index is 0.0660. The third-order valence-electron chi connectivity index (χ3n) is 4.73. The van der Waals surface area contributed by atoms with Crippen LogP contribution in [0.3, 0.4) is 0 Å². The van der Waals surface area contributed by atoms with Gasteiger partial charge in [-0.1, -0.05) is 0 Å². The molecule has 0 bridgehead atoms. The summed E-state index contributed by atoms with van der Waals surface area (Å²) in [5.41, 5.74) is 0.917. The second kappa shape index (κ2) is 8.26. The maximum atomic E-state index is 12.9. The van der Waals surface area contributed by atoms with Gasteiger partial charge in [-0.05, 0) is 49.4 Å². The second-order valence-corrected chi connectivity index (χ2v) is 6.76. The maximum Gasteiger partial charge on any atom is 0.260 e. The number of carbonyl (C=O) groups excluding carboxylic acids is 1. The minimum Gasteiger partial charge on any atom is -0.484 e. The molecule has 0 saturated carbocycles. The van der Waals surface area contributed by atoms with E-state index in [1.165, 1.54) is 24.3 Å². The van der Waals surface area contributed by atoms with E-state index in [2.05, 4.69) is 20.2 Å². The third kappa shape index (κ3) is 4.50. The van der Waals surface area contributed by atoms with Gasteiger partial charge in [0.25, 0.3) is 5.91 Å². The summed E-state index contributed by atoms with van der Waals surface area (Å²) in [4.78, 5) is 16.2. The first-order chi connectivity index (χ1) is 14.1. The highest BCUT2D eigenvalue weighted by Crippen LogP contribution is 2.15. The van der Waals surface area contributed by atoms with Crippen LogP contribution in [0, 0.1) is 12.7 Å². The van der Waals surface area contributed by atoms with Gasteiger partial charge in [-0.3, -0.25) is 4.79 Å². The third-order valence-corrected chi connectivity index (χ3v) is 4.73. The molecule has 8 nitrogen and oxygen atoms in total. The predicted octanol–water partition coefficient (Wildman–Crippen LogP) is 1.84. The molecule has 150 valence electrons. The van der Waals surface area contributed by atoms with E-state index >= 15 is 0 Å². The molecule has 1 aromatic carbocycles. The Balaban J connectivity index is 1.28. The molecule has 0 spiro atoms. The Hall–Kier alpha value is -3.49. The lowest BCUT2D eigenvalue weighted by Crippen LogP contribution is -2.50. The van der Waals surface area contributed by atoms with Crippen LogP contribution in [0.25, 0.3) is 5.82 Å². The lowest BCUT2D eigenvalue weighted by molar-refractivity contribution is -0.133. The van der Waals surface area contributed by atoms with Gasteiger partial charge in [0.15, 0.2) is 18.2 Å². The number of rotatable bonds is 5. The smallest absolute Gasteiger partial charge is 0.260 e. The van der Waals surface area contributed by atoms with Crippen molar-refractivity contribution in [2.45, 2.75) is 6.92 Å². The number of aromatic nitrogens is 4. The van der Waals surface area contributed by atoms with Crippen molar-refractivity contribution in [3.63, 3.8) is 0 Å². The monoisotopic (exact) mass is 396 g/mol. The van der Waals surface area contributed by atoms with Gasteiger partial charge in [0.2, 0.25) is 0 Å². The van der Waals surface area contributed by atoms with Crippen molar-refractivity contribution in [2.24, 2.45) is 0 Å². The summed E-state index contributed by atoms with van der Waals surface area (Å²) in [7, 11) is 0.